The van der Waals surface area contributed by atoms with Crippen molar-refractivity contribution in [2.45, 2.75) is 20.1 Å². The van der Waals surface area contributed by atoms with E-state index in [1.807, 2.05) is 29.7 Å². The molecule has 0 saturated heterocycles. The van der Waals surface area contributed by atoms with Gasteiger partial charge in [0.15, 0.2) is 11.6 Å². The molecule has 0 fully saturated rings. The summed E-state index contributed by atoms with van der Waals surface area (Å²) in [6, 6.07) is 5.73. The average molecular weight is 282 g/mol. The van der Waals surface area contributed by atoms with Crippen LogP contribution in [0.1, 0.15) is 11.4 Å². The third-order valence-corrected chi connectivity index (χ3v) is 3.33. The van der Waals surface area contributed by atoms with Crippen molar-refractivity contribution in [2.24, 2.45) is 0 Å². The van der Waals surface area contributed by atoms with Crippen LogP contribution in [-0.2, 0) is 17.9 Å². The van der Waals surface area contributed by atoms with Crippen LogP contribution < -0.4 is 0 Å². The molecule has 1 aromatic carbocycles. The maximum absolute atomic E-state index is 9.29. The highest BCUT2D eigenvalue weighted by Crippen LogP contribution is 2.24. The van der Waals surface area contributed by atoms with Gasteiger partial charge in [0.05, 0.1) is 6.61 Å². The van der Waals surface area contributed by atoms with E-state index in [9.17, 15) is 5.11 Å². The maximum atomic E-state index is 9.29. The minimum Gasteiger partial charge on any atom is -0.388 e. The van der Waals surface area contributed by atoms with Gasteiger partial charge in [-0.15, -0.1) is 10.2 Å². The third-order valence-electron chi connectivity index (χ3n) is 2.92. The van der Waals surface area contributed by atoms with E-state index in [1.54, 1.807) is 7.11 Å². The normalized spacial score (nSPS) is 10.9. The van der Waals surface area contributed by atoms with Gasteiger partial charge in [0.25, 0.3) is 0 Å². The van der Waals surface area contributed by atoms with Gasteiger partial charge >= 0.3 is 0 Å². The molecular weight excluding hydrogens is 266 g/mol. The molecule has 102 valence electrons. The molecule has 0 radical (unpaired) electrons. The molecule has 0 saturated carbocycles. The van der Waals surface area contributed by atoms with Crippen molar-refractivity contribution in [1.82, 2.24) is 14.8 Å². The molecule has 1 heterocycles. The van der Waals surface area contributed by atoms with Crippen LogP contribution in [0.25, 0.3) is 11.4 Å². The topological polar surface area (TPSA) is 60.2 Å². The Labute approximate surface area is 116 Å². The molecule has 1 N–H and O–H groups in total. The predicted octanol–water partition coefficient (Wildman–Crippen LogP) is 2.05. The quantitative estimate of drug-likeness (QED) is 0.911. The third kappa shape index (κ3) is 2.94. The lowest BCUT2D eigenvalue weighted by atomic mass is 10.1. The van der Waals surface area contributed by atoms with Crippen LogP contribution >= 0.6 is 11.6 Å². The van der Waals surface area contributed by atoms with Crippen LogP contribution in [0.2, 0.25) is 5.02 Å². The number of benzene rings is 1. The highest BCUT2D eigenvalue weighted by Gasteiger charge is 2.13. The fraction of sp³-hybridized carbons (Fsp3) is 0.385. The smallest absolute Gasteiger partial charge is 0.164 e. The summed E-state index contributed by atoms with van der Waals surface area (Å²) in [7, 11) is 1.63. The Hall–Kier alpha value is -1.43. The van der Waals surface area contributed by atoms with Gasteiger partial charge in [-0.05, 0) is 18.6 Å². The van der Waals surface area contributed by atoms with Crippen LogP contribution in [-0.4, -0.2) is 33.6 Å². The Bertz CT molecular complexity index is 569. The first-order valence-electron chi connectivity index (χ1n) is 5.95. The summed E-state index contributed by atoms with van der Waals surface area (Å²) in [5.41, 5.74) is 1.88. The minimum atomic E-state index is -0.156. The largest absolute Gasteiger partial charge is 0.388 e. The van der Waals surface area contributed by atoms with E-state index in [0.717, 1.165) is 11.1 Å². The lowest BCUT2D eigenvalue weighted by Crippen LogP contribution is -2.10. The summed E-state index contributed by atoms with van der Waals surface area (Å²) in [5, 5.41) is 18.1. The Balaban J connectivity index is 2.42. The zero-order valence-electron chi connectivity index (χ0n) is 10.9. The van der Waals surface area contributed by atoms with E-state index in [4.69, 9.17) is 16.3 Å². The Kier molecular flexibility index (Phi) is 4.52. The van der Waals surface area contributed by atoms with E-state index in [0.29, 0.717) is 29.8 Å². The number of halogens is 1. The summed E-state index contributed by atoms with van der Waals surface area (Å²) in [5.74, 6) is 1.20. The molecule has 0 aliphatic carbocycles. The van der Waals surface area contributed by atoms with Gasteiger partial charge in [-0.25, -0.2) is 0 Å². The molecule has 0 unspecified atom stereocenters. The van der Waals surface area contributed by atoms with E-state index in [2.05, 4.69) is 10.2 Å². The first kappa shape index (κ1) is 14.0. The molecule has 19 heavy (non-hydrogen) atoms. The van der Waals surface area contributed by atoms with Crippen molar-refractivity contribution >= 4 is 11.6 Å². The second kappa shape index (κ2) is 6.14. The molecule has 0 amide bonds. The number of methoxy groups -OCH3 is 1. The monoisotopic (exact) mass is 281 g/mol. The van der Waals surface area contributed by atoms with Crippen molar-refractivity contribution in [3.63, 3.8) is 0 Å². The van der Waals surface area contributed by atoms with Crippen LogP contribution in [0, 0.1) is 6.92 Å². The predicted molar refractivity (Wildman–Crippen MR) is 73.0 cm³/mol. The van der Waals surface area contributed by atoms with E-state index in [1.165, 1.54) is 0 Å². The Morgan fingerprint density at radius 1 is 1.37 bits per heavy atom. The van der Waals surface area contributed by atoms with Crippen molar-refractivity contribution < 1.29 is 9.84 Å². The van der Waals surface area contributed by atoms with Crippen molar-refractivity contribution in [2.75, 3.05) is 13.7 Å². The molecule has 6 heteroatoms. The van der Waals surface area contributed by atoms with Crippen LogP contribution in [0.5, 0.6) is 0 Å². The molecule has 0 spiro atoms. The maximum Gasteiger partial charge on any atom is 0.164 e. The molecule has 2 aromatic rings. The molecule has 0 atom stereocenters. The molecule has 5 nitrogen and oxygen atoms in total. The molecule has 2 rings (SSSR count). The standard InChI is InChI=1S/C13H16ClN3O2/c1-9-3-4-10(7-11(9)14)13-16-15-12(8-18)17(13)5-6-19-2/h3-4,7,18H,5-6,8H2,1-2H3. The van der Waals surface area contributed by atoms with E-state index < -0.39 is 0 Å². The second-order valence-electron chi connectivity index (χ2n) is 4.21. The van der Waals surface area contributed by atoms with E-state index in [-0.39, 0.29) is 6.61 Å². The Morgan fingerprint density at radius 2 is 2.16 bits per heavy atom. The van der Waals surface area contributed by atoms with Crippen LogP contribution in [0.3, 0.4) is 0 Å². The van der Waals surface area contributed by atoms with Crippen molar-refractivity contribution in [3.8, 4) is 11.4 Å². The van der Waals surface area contributed by atoms with Gasteiger partial charge in [0, 0.05) is 24.2 Å². The van der Waals surface area contributed by atoms with Crippen LogP contribution in [0.4, 0.5) is 0 Å². The number of hydrogen-bond donors (Lipinski definition) is 1. The zero-order valence-corrected chi connectivity index (χ0v) is 11.7. The van der Waals surface area contributed by atoms with Crippen molar-refractivity contribution in [3.05, 3.63) is 34.6 Å². The molecule has 0 aliphatic heterocycles. The number of hydrogen-bond acceptors (Lipinski definition) is 4. The fourth-order valence-corrected chi connectivity index (χ4v) is 2.00. The first-order chi connectivity index (χ1) is 9.17. The van der Waals surface area contributed by atoms with Gasteiger partial charge in [0.1, 0.15) is 6.61 Å². The van der Waals surface area contributed by atoms with Crippen molar-refractivity contribution in [1.29, 1.82) is 0 Å². The lowest BCUT2D eigenvalue weighted by molar-refractivity contribution is 0.183. The van der Waals surface area contributed by atoms with Gasteiger partial charge in [0.2, 0.25) is 0 Å². The van der Waals surface area contributed by atoms with Gasteiger partial charge in [-0.1, -0.05) is 23.7 Å². The number of aromatic nitrogens is 3. The summed E-state index contributed by atoms with van der Waals surface area (Å²) in [6.07, 6.45) is 0. The molecule has 0 bridgehead atoms. The SMILES string of the molecule is COCCn1c(CO)nnc1-c1ccc(C)c(Cl)c1. The number of nitrogens with zero attached hydrogens (tertiary/aromatic N) is 3. The first-order valence-corrected chi connectivity index (χ1v) is 6.33. The van der Waals surface area contributed by atoms with Gasteiger partial charge in [-0.3, -0.25) is 0 Å². The van der Waals surface area contributed by atoms with Gasteiger partial charge < -0.3 is 14.4 Å². The number of rotatable bonds is 5. The Morgan fingerprint density at radius 3 is 2.79 bits per heavy atom. The average Bonchev–Trinajstić information content (AvgIpc) is 2.82. The lowest BCUT2D eigenvalue weighted by Gasteiger charge is -2.09. The van der Waals surface area contributed by atoms with Crippen LogP contribution in [0.15, 0.2) is 18.2 Å². The number of aliphatic hydroxyl groups excluding tert-OH is 1. The molecule has 1 aromatic heterocycles. The van der Waals surface area contributed by atoms with Gasteiger partial charge in [-0.2, -0.15) is 0 Å². The summed E-state index contributed by atoms with van der Waals surface area (Å²) in [4.78, 5) is 0. The minimum absolute atomic E-state index is 0.156. The number of aryl methyl sites for hydroxylation is 1. The highest BCUT2D eigenvalue weighted by atomic mass is 35.5. The van der Waals surface area contributed by atoms with E-state index >= 15 is 0 Å². The summed E-state index contributed by atoms with van der Waals surface area (Å²) in [6.45, 7) is 2.90. The number of aliphatic hydroxyl groups is 1. The highest BCUT2D eigenvalue weighted by molar-refractivity contribution is 6.31. The summed E-state index contributed by atoms with van der Waals surface area (Å²) < 4.78 is 6.90. The fourth-order valence-electron chi connectivity index (χ4n) is 1.82. The number of ether oxygens (including phenoxy) is 1. The zero-order chi connectivity index (χ0) is 13.8. The summed E-state index contributed by atoms with van der Waals surface area (Å²) >= 11 is 6.13. The molecule has 0 aliphatic rings. The second-order valence-corrected chi connectivity index (χ2v) is 4.61. The molecular formula is C13H16ClN3O2.